The van der Waals surface area contributed by atoms with Crippen LogP contribution in [0, 0.1) is 10.1 Å². The van der Waals surface area contributed by atoms with Gasteiger partial charge in [0, 0.05) is 22.7 Å². The molecule has 0 saturated carbocycles. The number of non-ortho nitro benzene ring substituents is 1. The monoisotopic (exact) mass is 337 g/mol. The van der Waals surface area contributed by atoms with E-state index in [2.05, 4.69) is 0 Å². The van der Waals surface area contributed by atoms with Crippen molar-refractivity contribution in [3.05, 3.63) is 62.7 Å². The van der Waals surface area contributed by atoms with Gasteiger partial charge in [-0.3, -0.25) is 10.1 Å². The number of hydrogen-bond donors (Lipinski definition) is 1. The van der Waals surface area contributed by atoms with E-state index in [0.717, 1.165) is 0 Å². The van der Waals surface area contributed by atoms with Crippen molar-refractivity contribution in [2.24, 2.45) is 0 Å². The van der Waals surface area contributed by atoms with E-state index in [4.69, 9.17) is 21.1 Å². The van der Waals surface area contributed by atoms with Gasteiger partial charge >= 0.3 is 5.97 Å². The first-order valence-electron chi connectivity index (χ1n) is 6.39. The van der Waals surface area contributed by atoms with Crippen LogP contribution in [0.3, 0.4) is 0 Å². The van der Waals surface area contributed by atoms with E-state index in [1.807, 2.05) is 0 Å². The predicted molar refractivity (Wildman–Crippen MR) is 81.9 cm³/mol. The highest BCUT2D eigenvalue weighted by molar-refractivity contribution is 6.30. The van der Waals surface area contributed by atoms with Gasteiger partial charge in [0.25, 0.3) is 5.69 Å². The van der Waals surface area contributed by atoms with E-state index >= 15 is 0 Å². The Morgan fingerprint density at radius 1 is 1.30 bits per heavy atom. The van der Waals surface area contributed by atoms with Gasteiger partial charge in [-0.15, -0.1) is 0 Å². The SMILES string of the molecule is COc1ccc([N+](=O)[O-])cc1COC(=O)c1ccc(Cl)cc1O. The second-order valence-corrected chi connectivity index (χ2v) is 4.93. The van der Waals surface area contributed by atoms with Crippen LogP contribution in [0.1, 0.15) is 15.9 Å². The van der Waals surface area contributed by atoms with Gasteiger partial charge in [0.1, 0.15) is 23.7 Å². The molecule has 2 rings (SSSR count). The third kappa shape index (κ3) is 3.89. The summed E-state index contributed by atoms with van der Waals surface area (Å²) in [6.07, 6.45) is 0. The summed E-state index contributed by atoms with van der Waals surface area (Å²) in [5.74, 6) is -0.745. The van der Waals surface area contributed by atoms with E-state index < -0.39 is 10.9 Å². The summed E-state index contributed by atoms with van der Waals surface area (Å²) in [6.45, 7) is -0.244. The normalized spacial score (nSPS) is 10.2. The van der Waals surface area contributed by atoms with Crippen molar-refractivity contribution >= 4 is 23.3 Å². The molecule has 0 fully saturated rings. The lowest BCUT2D eigenvalue weighted by molar-refractivity contribution is -0.385. The largest absolute Gasteiger partial charge is 0.507 e. The van der Waals surface area contributed by atoms with Gasteiger partial charge in [-0.2, -0.15) is 0 Å². The molecule has 0 aliphatic rings. The number of carbonyl (C=O) groups excluding carboxylic acids is 1. The summed E-state index contributed by atoms with van der Waals surface area (Å²) in [7, 11) is 1.40. The first-order chi connectivity index (χ1) is 10.9. The van der Waals surface area contributed by atoms with Gasteiger partial charge in [-0.1, -0.05) is 11.6 Å². The number of benzene rings is 2. The highest BCUT2D eigenvalue weighted by Crippen LogP contribution is 2.26. The third-order valence-electron chi connectivity index (χ3n) is 3.01. The molecule has 0 aliphatic heterocycles. The molecule has 0 unspecified atom stereocenters. The summed E-state index contributed by atoms with van der Waals surface area (Å²) in [5.41, 5.74) is 0.133. The van der Waals surface area contributed by atoms with Gasteiger partial charge in [0.05, 0.1) is 12.0 Å². The van der Waals surface area contributed by atoms with Crippen molar-refractivity contribution in [1.29, 1.82) is 0 Å². The van der Waals surface area contributed by atoms with E-state index in [0.29, 0.717) is 11.3 Å². The minimum absolute atomic E-state index is 0.0567. The fourth-order valence-corrected chi connectivity index (χ4v) is 2.06. The van der Waals surface area contributed by atoms with Crippen LogP contribution in [-0.2, 0) is 11.3 Å². The Kier molecular flexibility index (Phi) is 5.02. The Labute approximate surface area is 136 Å². The standard InChI is InChI=1S/C15H12ClNO6/c1-22-14-5-3-11(17(20)21)6-9(14)8-23-15(19)12-4-2-10(16)7-13(12)18/h2-7,18H,8H2,1H3. The Bertz CT molecular complexity index is 762. The quantitative estimate of drug-likeness (QED) is 0.510. The van der Waals surface area contributed by atoms with Crippen molar-refractivity contribution in [3.63, 3.8) is 0 Å². The van der Waals surface area contributed by atoms with Crippen LogP contribution in [0.25, 0.3) is 0 Å². The molecule has 0 spiro atoms. The minimum Gasteiger partial charge on any atom is -0.507 e. The summed E-state index contributed by atoms with van der Waals surface area (Å²) in [6, 6.07) is 7.94. The number of hydrogen-bond acceptors (Lipinski definition) is 6. The topological polar surface area (TPSA) is 98.9 Å². The van der Waals surface area contributed by atoms with Gasteiger partial charge in [-0.25, -0.2) is 4.79 Å². The van der Waals surface area contributed by atoms with Crippen molar-refractivity contribution < 1.29 is 24.3 Å². The lowest BCUT2D eigenvalue weighted by atomic mass is 10.2. The van der Waals surface area contributed by atoms with Gasteiger partial charge < -0.3 is 14.6 Å². The zero-order valence-electron chi connectivity index (χ0n) is 12.0. The van der Waals surface area contributed by atoms with Crippen LogP contribution >= 0.6 is 11.6 Å². The zero-order chi connectivity index (χ0) is 17.0. The van der Waals surface area contributed by atoms with Crippen LogP contribution in [0.4, 0.5) is 5.69 Å². The molecule has 0 atom stereocenters. The van der Waals surface area contributed by atoms with E-state index in [1.54, 1.807) is 0 Å². The maximum atomic E-state index is 12.0. The van der Waals surface area contributed by atoms with Crippen LogP contribution < -0.4 is 4.74 Å². The molecule has 1 N–H and O–H groups in total. The van der Waals surface area contributed by atoms with E-state index in [1.165, 1.54) is 43.5 Å². The Hall–Kier alpha value is -2.80. The molecule has 0 saturated heterocycles. The second-order valence-electron chi connectivity index (χ2n) is 4.49. The number of nitrogens with zero attached hydrogens (tertiary/aromatic N) is 1. The average molecular weight is 338 g/mol. The Morgan fingerprint density at radius 2 is 2.04 bits per heavy atom. The van der Waals surface area contributed by atoms with Gasteiger partial charge in [0.15, 0.2) is 0 Å². The number of phenols is 1. The molecule has 2 aromatic carbocycles. The second kappa shape index (κ2) is 6.97. The first kappa shape index (κ1) is 16.6. The number of esters is 1. The first-order valence-corrected chi connectivity index (χ1v) is 6.77. The zero-order valence-corrected chi connectivity index (χ0v) is 12.7. The molecule has 2 aromatic rings. The maximum absolute atomic E-state index is 12.0. The van der Waals surface area contributed by atoms with Crippen LogP contribution in [0.2, 0.25) is 5.02 Å². The van der Waals surface area contributed by atoms with Crippen LogP contribution in [-0.4, -0.2) is 23.1 Å². The molecule has 120 valence electrons. The lowest BCUT2D eigenvalue weighted by Crippen LogP contribution is -2.06. The number of ether oxygens (including phenoxy) is 2. The molecule has 0 radical (unpaired) electrons. The number of carbonyl (C=O) groups is 1. The lowest BCUT2D eigenvalue weighted by Gasteiger charge is -2.10. The molecular weight excluding hydrogens is 326 g/mol. The van der Waals surface area contributed by atoms with Crippen molar-refractivity contribution in [2.75, 3.05) is 7.11 Å². The summed E-state index contributed by atoms with van der Waals surface area (Å²) < 4.78 is 10.1. The molecule has 0 aromatic heterocycles. The molecule has 23 heavy (non-hydrogen) atoms. The summed E-state index contributed by atoms with van der Waals surface area (Å²) in [4.78, 5) is 22.2. The van der Waals surface area contributed by atoms with Crippen molar-refractivity contribution in [2.45, 2.75) is 6.61 Å². The molecular formula is C15H12ClNO6. The molecule has 8 heteroatoms. The van der Waals surface area contributed by atoms with Crippen molar-refractivity contribution in [3.8, 4) is 11.5 Å². The third-order valence-corrected chi connectivity index (χ3v) is 3.25. The maximum Gasteiger partial charge on any atom is 0.342 e. The molecule has 0 amide bonds. The summed E-state index contributed by atoms with van der Waals surface area (Å²) >= 11 is 5.69. The Balaban J connectivity index is 2.18. The Morgan fingerprint density at radius 3 is 2.65 bits per heavy atom. The molecule has 0 heterocycles. The predicted octanol–water partition coefficient (Wildman–Crippen LogP) is 3.32. The van der Waals surface area contributed by atoms with Crippen molar-refractivity contribution in [1.82, 2.24) is 0 Å². The number of phenolic OH excluding ortho intramolecular Hbond substituents is 1. The highest BCUT2D eigenvalue weighted by Gasteiger charge is 2.16. The minimum atomic E-state index is -0.785. The summed E-state index contributed by atoms with van der Waals surface area (Å²) in [5, 5.41) is 20.8. The van der Waals surface area contributed by atoms with Gasteiger partial charge in [-0.05, 0) is 24.3 Å². The molecule has 0 aliphatic carbocycles. The van der Waals surface area contributed by atoms with E-state index in [9.17, 15) is 20.0 Å². The smallest absolute Gasteiger partial charge is 0.342 e. The number of nitro groups is 1. The highest BCUT2D eigenvalue weighted by atomic mass is 35.5. The molecule has 0 bridgehead atoms. The van der Waals surface area contributed by atoms with Crippen LogP contribution in [0.5, 0.6) is 11.5 Å². The van der Waals surface area contributed by atoms with E-state index in [-0.39, 0.29) is 28.6 Å². The van der Waals surface area contributed by atoms with Crippen LogP contribution in [0.15, 0.2) is 36.4 Å². The molecule has 7 nitrogen and oxygen atoms in total. The average Bonchev–Trinajstić information content (AvgIpc) is 2.52. The number of halogens is 1. The number of methoxy groups -OCH3 is 1. The fourth-order valence-electron chi connectivity index (χ4n) is 1.89. The number of aromatic hydroxyl groups is 1. The number of rotatable bonds is 5. The van der Waals surface area contributed by atoms with Gasteiger partial charge in [0.2, 0.25) is 0 Å². The fraction of sp³-hybridized carbons (Fsp3) is 0.133. The number of nitro benzene ring substituents is 1.